The lowest BCUT2D eigenvalue weighted by Crippen LogP contribution is -2.33. The van der Waals surface area contributed by atoms with Crippen molar-refractivity contribution in [2.24, 2.45) is 5.92 Å². The summed E-state index contributed by atoms with van der Waals surface area (Å²) in [7, 11) is 0. The van der Waals surface area contributed by atoms with Crippen molar-refractivity contribution >= 4 is 0 Å². The Balaban J connectivity index is 2.07. The van der Waals surface area contributed by atoms with Gasteiger partial charge in [0.15, 0.2) is 0 Å². The fourth-order valence-electron chi connectivity index (χ4n) is 1.68. The maximum absolute atomic E-state index is 8.80. The summed E-state index contributed by atoms with van der Waals surface area (Å²) in [5, 5.41) is 12.3. The number of aliphatic hydroxyl groups excluding tert-OH is 1. The van der Waals surface area contributed by atoms with E-state index in [0.29, 0.717) is 12.0 Å². The van der Waals surface area contributed by atoms with Gasteiger partial charge in [0.25, 0.3) is 0 Å². The summed E-state index contributed by atoms with van der Waals surface area (Å²) in [6.45, 7) is 5.30. The van der Waals surface area contributed by atoms with Gasteiger partial charge >= 0.3 is 0 Å². The highest BCUT2D eigenvalue weighted by molar-refractivity contribution is 4.71. The Morgan fingerprint density at radius 3 is 3.00 bits per heavy atom. The van der Waals surface area contributed by atoms with Crippen LogP contribution in [0, 0.1) is 5.92 Å². The van der Waals surface area contributed by atoms with Crippen molar-refractivity contribution in [3.63, 3.8) is 0 Å². The van der Waals surface area contributed by atoms with E-state index in [1.165, 1.54) is 6.42 Å². The van der Waals surface area contributed by atoms with Crippen LogP contribution in [0.2, 0.25) is 0 Å². The van der Waals surface area contributed by atoms with Gasteiger partial charge in [0.05, 0.1) is 6.61 Å². The van der Waals surface area contributed by atoms with Crippen molar-refractivity contribution in [1.29, 1.82) is 0 Å². The molecule has 1 fully saturated rings. The molecule has 0 aromatic rings. The molecule has 13 heavy (non-hydrogen) atoms. The van der Waals surface area contributed by atoms with Crippen LogP contribution >= 0.6 is 0 Å². The fraction of sp³-hybridized carbons (Fsp3) is 1.00. The number of nitrogens with one attached hydrogen (secondary N) is 1. The Bertz CT molecular complexity index is 124. The number of ether oxygens (including phenoxy) is 1. The van der Waals surface area contributed by atoms with Crippen LogP contribution in [0.3, 0.4) is 0 Å². The molecule has 0 aliphatic carbocycles. The zero-order chi connectivity index (χ0) is 9.52. The van der Waals surface area contributed by atoms with Gasteiger partial charge in [0.2, 0.25) is 0 Å². The van der Waals surface area contributed by atoms with Crippen molar-refractivity contribution in [2.75, 3.05) is 26.4 Å². The molecule has 1 aliphatic heterocycles. The van der Waals surface area contributed by atoms with Crippen molar-refractivity contribution in [2.45, 2.75) is 32.2 Å². The normalized spacial score (nSPS) is 24.9. The first kappa shape index (κ1) is 11.0. The minimum absolute atomic E-state index is 0.284. The molecule has 0 amide bonds. The molecule has 0 bridgehead atoms. The van der Waals surface area contributed by atoms with Crippen LogP contribution in [0.5, 0.6) is 0 Å². The average Bonchev–Trinajstić information content (AvgIpc) is 2.64. The SMILES string of the molecule is CCC(CCO)NCC1CCOC1. The minimum Gasteiger partial charge on any atom is -0.396 e. The molecular weight excluding hydrogens is 166 g/mol. The van der Waals surface area contributed by atoms with E-state index in [9.17, 15) is 0 Å². The van der Waals surface area contributed by atoms with E-state index in [1.54, 1.807) is 0 Å². The highest BCUT2D eigenvalue weighted by atomic mass is 16.5. The van der Waals surface area contributed by atoms with Gasteiger partial charge in [-0.1, -0.05) is 6.92 Å². The lowest BCUT2D eigenvalue weighted by Gasteiger charge is -2.17. The number of hydrogen-bond acceptors (Lipinski definition) is 3. The van der Waals surface area contributed by atoms with E-state index in [4.69, 9.17) is 9.84 Å². The molecule has 1 aliphatic rings. The predicted octanol–water partition coefficient (Wildman–Crippen LogP) is 0.774. The molecule has 2 unspecified atom stereocenters. The Morgan fingerprint density at radius 2 is 2.46 bits per heavy atom. The molecular formula is C10H21NO2. The first-order chi connectivity index (χ1) is 6.36. The molecule has 3 heteroatoms. The van der Waals surface area contributed by atoms with E-state index >= 15 is 0 Å². The molecule has 0 aromatic carbocycles. The Hall–Kier alpha value is -0.120. The Labute approximate surface area is 80.5 Å². The first-order valence-electron chi connectivity index (χ1n) is 5.28. The van der Waals surface area contributed by atoms with E-state index in [-0.39, 0.29) is 6.61 Å². The van der Waals surface area contributed by atoms with Gasteiger partial charge in [0, 0.05) is 25.8 Å². The topological polar surface area (TPSA) is 41.5 Å². The van der Waals surface area contributed by atoms with Crippen LogP contribution in [0.4, 0.5) is 0 Å². The van der Waals surface area contributed by atoms with E-state index in [0.717, 1.165) is 32.6 Å². The summed E-state index contributed by atoms with van der Waals surface area (Å²) in [4.78, 5) is 0. The number of hydrogen-bond donors (Lipinski definition) is 2. The summed E-state index contributed by atoms with van der Waals surface area (Å²) in [5.74, 6) is 0.688. The highest BCUT2D eigenvalue weighted by Crippen LogP contribution is 2.11. The fourth-order valence-corrected chi connectivity index (χ4v) is 1.68. The molecule has 2 atom stereocenters. The largest absolute Gasteiger partial charge is 0.396 e. The smallest absolute Gasteiger partial charge is 0.0507 e. The van der Waals surface area contributed by atoms with Gasteiger partial charge in [0.1, 0.15) is 0 Å². The molecule has 78 valence electrons. The third-order valence-corrected chi connectivity index (χ3v) is 2.69. The van der Waals surface area contributed by atoms with E-state index in [2.05, 4.69) is 12.2 Å². The lowest BCUT2D eigenvalue weighted by molar-refractivity contribution is 0.183. The molecule has 3 nitrogen and oxygen atoms in total. The predicted molar refractivity (Wildman–Crippen MR) is 52.7 cm³/mol. The van der Waals surface area contributed by atoms with Crippen LogP contribution in [0.15, 0.2) is 0 Å². The van der Waals surface area contributed by atoms with Gasteiger partial charge in [-0.25, -0.2) is 0 Å². The lowest BCUT2D eigenvalue weighted by atomic mass is 10.1. The maximum atomic E-state index is 8.80. The van der Waals surface area contributed by atoms with Crippen molar-refractivity contribution in [3.8, 4) is 0 Å². The molecule has 1 rings (SSSR count). The van der Waals surface area contributed by atoms with Gasteiger partial charge in [-0.3, -0.25) is 0 Å². The van der Waals surface area contributed by atoms with Crippen molar-refractivity contribution in [3.05, 3.63) is 0 Å². The number of rotatable bonds is 6. The second-order valence-electron chi connectivity index (χ2n) is 3.76. The molecule has 0 radical (unpaired) electrons. The summed E-state index contributed by atoms with van der Waals surface area (Å²) in [6, 6.07) is 0.477. The van der Waals surface area contributed by atoms with Crippen molar-refractivity contribution in [1.82, 2.24) is 5.32 Å². The third kappa shape index (κ3) is 4.07. The second kappa shape index (κ2) is 6.35. The molecule has 2 N–H and O–H groups in total. The zero-order valence-electron chi connectivity index (χ0n) is 8.46. The molecule has 0 spiro atoms. The van der Waals surface area contributed by atoms with Crippen LogP contribution in [-0.4, -0.2) is 37.5 Å². The van der Waals surface area contributed by atoms with Crippen LogP contribution in [0.1, 0.15) is 26.2 Å². The quantitative estimate of drug-likeness (QED) is 0.645. The summed E-state index contributed by atoms with van der Waals surface area (Å²) < 4.78 is 5.29. The van der Waals surface area contributed by atoms with Crippen LogP contribution in [0.25, 0.3) is 0 Å². The minimum atomic E-state index is 0.284. The highest BCUT2D eigenvalue weighted by Gasteiger charge is 2.16. The number of aliphatic hydroxyl groups is 1. The summed E-state index contributed by atoms with van der Waals surface area (Å²) in [5.41, 5.74) is 0. The van der Waals surface area contributed by atoms with Gasteiger partial charge in [-0.05, 0) is 25.2 Å². The summed E-state index contributed by atoms with van der Waals surface area (Å²) in [6.07, 6.45) is 3.14. The standard InChI is InChI=1S/C10H21NO2/c1-2-10(3-5-12)11-7-9-4-6-13-8-9/h9-12H,2-8H2,1H3. The average molecular weight is 187 g/mol. The maximum Gasteiger partial charge on any atom is 0.0507 e. The van der Waals surface area contributed by atoms with E-state index in [1.807, 2.05) is 0 Å². The monoisotopic (exact) mass is 187 g/mol. The Morgan fingerprint density at radius 1 is 1.62 bits per heavy atom. The molecule has 1 heterocycles. The van der Waals surface area contributed by atoms with Crippen molar-refractivity contribution < 1.29 is 9.84 Å². The Kier molecular flexibility index (Phi) is 5.35. The summed E-state index contributed by atoms with van der Waals surface area (Å²) >= 11 is 0. The first-order valence-corrected chi connectivity index (χ1v) is 5.28. The second-order valence-corrected chi connectivity index (χ2v) is 3.76. The van der Waals surface area contributed by atoms with Gasteiger partial charge < -0.3 is 15.2 Å². The molecule has 0 aromatic heterocycles. The van der Waals surface area contributed by atoms with Gasteiger partial charge in [-0.15, -0.1) is 0 Å². The zero-order valence-corrected chi connectivity index (χ0v) is 8.46. The third-order valence-electron chi connectivity index (χ3n) is 2.69. The molecule has 0 saturated carbocycles. The van der Waals surface area contributed by atoms with E-state index < -0.39 is 0 Å². The van der Waals surface area contributed by atoms with Crippen LogP contribution in [-0.2, 0) is 4.74 Å². The van der Waals surface area contributed by atoms with Gasteiger partial charge in [-0.2, -0.15) is 0 Å². The molecule has 1 saturated heterocycles. The van der Waals surface area contributed by atoms with Crippen LogP contribution < -0.4 is 5.32 Å².